The highest BCUT2D eigenvalue weighted by atomic mass is 16.2. The van der Waals surface area contributed by atoms with E-state index in [0.29, 0.717) is 12.2 Å². The SMILES string of the molecule is CCCCNC(=O)CN(C)C(=O)c1[nH]c2c(C)cc(C)cc2c1C. The van der Waals surface area contributed by atoms with E-state index in [1.807, 2.05) is 20.8 Å². The van der Waals surface area contributed by atoms with Gasteiger partial charge in [0.25, 0.3) is 5.91 Å². The van der Waals surface area contributed by atoms with Gasteiger partial charge in [-0.3, -0.25) is 9.59 Å². The van der Waals surface area contributed by atoms with Crippen LogP contribution in [0.2, 0.25) is 0 Å². The predicted molar refractivity (Wildman–Crippen MR) is 97.4 cm³/mol. The number of H-pyrrole nitrogens is 1. The summed E-state index contributed by atoms with van der Waals surface area (Å²) in [6.45, 7) is 8.82. The van der Waals surface area contributed by atoms with Gasteiger partial charge >= 0.3 is 0 Å². The first-order chi connectivity index (χ1) is 11.3. The molecule has 0 saturated heterocycles. The van der Waals surface area contributed by atoms with Gasteiger partial charge in [0.2, 0.25) is 5.91 Å². The van der Waals surface area contributed by atoms with Crippen molar-refractivity contribution in [3.63, 3.8) is 0 Å². The first-order valence-electron chi connectivity index (χ1n) is 8.46. The topological polar surface area (TPSA) is 65.2 Å². The average molecular weight is 329 g/mol. The lowest BCUT2D eigenvalue weighted by atomic mass is 10.1. The van der Waals surface area contributed by atoms with Crippen LogP contribution in [-0.2, 0) is 4.79 Å². The number of nitrogens with zero attached hydrogens (tertiary/aromatic N) is 1. The molecular formula is C19H27N3O2. The number of likely N-dealkylation sites (N-methyl/N-ethyl adjacent to an activating group) is 1. The maximum atomic E-state index is 12.7. The minimum absolute atomic E-state index is 0.0648. The molecule has 0 saturated carbocycles. The van der Waals surface area contributed by atoms with Crippen LogP contribution in [0.4, 0.5) is 0 Å². The lowest BCUT2D eigenvalue weighted by Gasteiger charge is -2.16. The van der Waals surface area contributed by atoms with E-state index < -0.39 is 0 Å². The molecule has 0 aliphatic heterocycles. The number of fused-ring (bicyclic) bond motifs is 1. The zero-order valence-corrected chi connectivity index (χ0v) is 15.2. The molecule has 2 N–H and O–H groups in total. The Hall–Kier alpha value is -2.30. The number of benzene rings is 1. The second-order valence-electron chi connectivity index (χ2n) is 6.49. The van der Waals surface area contributed by atoms with Crippen molar-refractivity contribution in [3.05, 3.63) is 34.5 Å². The maximum absolute atomic E-state index is 12.7. The van der Waals surface area contributed by atoms with Crippen molar-refractivity contribution in [1.29, 1.82) is 0 Å². The molecule has 5 nitrogen and oxygen atoms in total. The average Bonchev–Trinajstić information content (AvgIpc) is 2.84. The van der Waals surface area contributed by atoms with Gasteiger partial charge in [-0.2, -0.15) is 0 Å². The molecule has 24 heavy (non-hydrogen) atoms. The highest BCUT2D eigenvalue weighted by molar-refractivity contribution is 6.02. The van der Waals surface area contributed by atoms with E-state index in [9.17, 15) is 9.59 Å². The van der Waals surface area contributed by atoms with Crippen LogP contribution in [0, 0.1) is 20.8 Å². The van der Waals surface area contributed by atoms with E-state index in [2.05, 4.69) is 29.4 Å². The summed E-state index contributed by atoms with van der Waals surface area (Å²) in [7, 11) is 1.66. The molecule has 0 fully saturated rings. The number of unbranched alkanes of at least 4 members (excludes halogenated alkanes) is 1. The van der Waals surface area contributed by atoms with Gasteiger partial charge in [0.1, 0.15) is 5.69 Å². The van der Waals surface area contributed by atoms with Crippen molar-refractivity contribution in [2.24, 2.45) is 0 Å². The summed E-state index contributed by atoms with van der Waals surface area (Å²) in [6, 6.07) is 4.18. The van der Waals surface area contributed by atoms with E-state index in [4.69, 9.17) is 0 Å². The molecule has 1 aromatic heterocycles. The number of carbonyl (C=O) groups is 2. The lowest BCUT2D eigenvalue weighted by molar-refractivity contribution is -0.121. The Kier molecular flexibility index (Phi) is 5.65. The normalized spacial score (nSPS) is 10.9. The first kappa shape index (κ1) is 18.0. The monoisotopic (exact) mass is 329 g/mol. The van der Waals surface area contributed by atoms with Gasteiger partial charge < -0.3 is 15.2 Å². The number of carbonyl (C=O) groups excluding carboxylic acids is 2. The molecule has 0 radical (unpaired) electrons. The molecule has 0 bridgehead atoms. The van der Waals surface area contributed by atoms with Crippen molar-refractivity contribution in [1.82, 2.24) is 15.2 Å². The molecule has 0 unspecified atom stereocenters. The molecule has 5 heteroatoms. The van der Waals surface area contributed by atoms with Crippen molar-refractivity contribution in [2.75, 3.05) is 20.1 Å². The van der Waals surface area contributed by atoms with Crippen molar-refractivity contribution >= 4 is 22.7 Å². The smallest absolute Gasteiger partial charge is 0.270 e. The molecule has 1 aromatic carbocycles. The predicted octanol–water partition coefficient (Wildman–Crippen LogP) is 3.08. The van der Waals surface area contributed by atoms with Gasteiger partial charge in [-0.1, -0.05) is 25.0 Å². The van der Waals surface area contributed by atoms with Crippen LogP contribution in [0.25, 0.3) is 10.9 Å². The van der Waals surface area contributed by atoms with Crippen LogP contribution in [0.15, 0.2) is 12.1 Å². The van der Waals surface area contributed by atoms with Crippen molar-refractivity contribution < 1.29 is 9.59 Å². The van der Waals surface area contributed by atoms with Crippen LogP contribution in [0.3, 0.4) is 0 Å². The fourth-order valence-electron chi connectivity index (χ4n) is 2.94. The number of hydrogen-bond acceptors (Lipinski definition) is 2. The van der Waals surface area contributed by atoms with E-state index in [1.54, 1.807) is 7.05 Å². The molecule has 0 aliphatic carbocycles. The standard InChI is InChI=1S/C19H27N3O2/c1-6-7-8-20-16(23)11-22(5)19(24)18-14(4)15-10-12(2)9-13(3)17(15)21-18/h9-10,21H,6-8,11H2,1-5H3,(H,20,23). The summed E-state index contributed by atoms with van der Waals surface area (Å²) < 4.78 is 0. The van der Waals surface area contributed by atoms with Gasteiger partial charge in [0, 0.05) is 24.5 Å². The Morgan fingerprint density at radius 2 is 1.92 bits per heavy atom. The van der Waals surface area contributed by atoms with Gasteiger partial charge in [0.05, 0.1) is 6.54 Å². The Morgan fingerprint density at radius 3 is 2.58 bits per heavy atom. The quantitative estimate of drug-likeness (QED) is 0.800. The Morgan fingerprint density at radius 1 is 1.21 bits per heavy atom. The molecule has 130 valence electrons. The highest BCUT2D eigenvalue weighted by Crippen LogP contribution is 2.26. The van der Waals surface area contributed by atoms with E-state index in [1.165, 1.54) is 10.5 Å². The van der Waals surface area contributed by atoms with Crippen molar-refractivity contribution in [3.8, 4) is 0 Å². The summed E-state index contributed by atoms with van der Waals surface area (Å²) in [5.41, 5.74) is 4.77. The molecule has 0 spiro atoms. The minimum atomic E-state index is -0.161. The Labute approximate surface area is 143 Å². The van der Waals surface area contributed by atoms with Crippen LogP contribution in [-0.4, -0.2) is 41.8 Å². The van der Waals surface area contributed by atoms with Crippen molar-refractivity contribution in [2.45, 2.75) is 40.5 Å². The molecule has 0 atom stereocenters. The van der Waals surface area contributed by atoms with E-state index in [-0.39, 0.29) is 18.4 Å². The Balaban J connectivity index is 2.17. The van der Waals surface area contributed by atoms with E-state index in [0.717, 1.165) is 34.9 Å². The van der Waals surface area contributed by atoms with Gasteiger partial charge in [0.15, 0.2) is 0 Å². The number of aryl methyl sites for hydroxylation is 3. The van der Waals surface area contributed by atoms with Crippen LogP contribution in [0.1, 0.15) is 46.9 Å². The summed E-state index contributed by atoms with van der Waals surface area (Å²) in [5, 5.41) is 3.90. The Bertz CT molecular complexity index is 762. The third-order valence-corrected chi connectivity index (χ3v) is 4.30. The zero-order valence-electron chi connectivity index (χ0n) is 15.2. The third-order valence-electron chi connectivity index (χ3n) is 4.30. The van der Waals surface area contributed by atoms with Gasteiger partial charge in [-0.25, -0.2) is 0 Å². The molecule has 1 heterocycles. The van der Waals surface area contributed by atoms with E-state index >= 15 is 0 Å². The van der Waals surface area contributed by atoms with Gasteiger partial charge in [-0.15, -0.1) is 0 Å². The zero-order chi connectivity index (χ0) is 17.9. The molecule has 0 aliphatic rings. The lowest BCUT2D eigenvalue weighted by Crippen LogP contribution is -2.39. The number of aromatic amines is 1. The third kappa shape index (κ3) is 3.78. The van der Waals surface area contributed by atoms with Gasteiger partial charge in [-0.05, 0) is 44.4 Å². The maximum Gasteiger partial charge on any atom is 0.270 e. The number of amides is 2. The fraction of sp³-hybridized carbons (Fsp3) is 0.474. The highest BCUT2D eigenvalue weighted by Gasteiger charge is 2.20. The van der Waals surface area contributed by atoms with Crippen LogP contribution >= 0.6 is 0 Å². The molecule has 2 amide bonds. The molecular weight excluding hydrogens is 302 g/mol. The minimum Gasteiger partial charge on any atom is -0.355 e. The fourth-order valence-corrected chi connectivity index (χ4v) is 2.94. The largest absolute Gasteiger partial charge is 0.355 e. The number of hydrogen-bond donors (Lipinski definition) is 2. The second-order valence-corrected chi connectivity index (χ2v) is 6.49. The summed E-state index contributed by atoms with van der Waals surface area (Å²) >= 11 is 0. The molecule has 2 aromatic rings. The van der Waals surface area contributed by atoms with Crippen LogP contribution < -0.4 is 5.32 Å². The summed E-state index contributed by atoms with van der Waals surface area (Å²) in [6.07, 6.45) is 1.98. The summed E-state index contributed by atoms with van der Waals surface area (Å²) in [5.74, 6) is -0.286. The first-order valence-corrected chi connectivity index (χ1v) is 8.46. The summed E-state index contributed by atoms with van der Waals surface area (Å²) in [4.78, 5) is 29.3. The second kappa shape index (κ2) is 7.51. The number of rotatable bonds is 6. The van der Waals surface area contributed by atoms with Crippen LogP contribution in [0.5, 0.6) is 0 Å². The number of nitrogens with one attached hydrogen (secondary N) is 2. The number of aromatic nitrogens is 1. The molecule has 2 rings (SSSR count).